The van der Waals surface area contributed by atoms with Crippen LogP contribution in [-0.2, 0) is 0 Å². The zero-order valence-electron chi connectivity index (χ0n) is 10.6. The summed E-state index contributed by atoms with van der Waals surface area (Å²) < 4.78 is 5.56. The Balaban J connectivity index is 2.38. The van der Waals surface area contributed by atoms with Crippen molar-refractivity contribution in [3.8, 4) is 11.3 Å². The van der Waals surface area contributed by atoms with E-state index in [1.807, 2.05) is 0 Å². The highest BCUT2D eigenvalue weighted by molar-refractivity contribution is 6.35. The third kappa shape index (κ3) is 3.21. The summed E-state index contributed by atoms with van der Waals surface area (Å²) in [7, 11) is 0. The monoisotopic (exact) mass is 311 g/mol. The number of benzene rings is 1. The van der Waals surface area contributed by atoms with Crippen LogP contribution in [-0.4, -0.2) is 4.92 Å². The summed E-state index contributed by atoms with van der Waals surface area (Å²) >= 11 is 12.0. The number of nitro groups is 1. The van der Waals surface area contributed by atoms with E-state index in [0.717, 1.165) is 0 Å². The minimum atomic E-state index is -0.422. The van der Waals surface area contributed by atoms with Crippen molar-refractivity contribution in [2.75, 3.05) is 0 Å². The minimum Gasteiger partial charge on any atom is -0.456 e. The van der Waals surface area contributed by atoms with Crippen molar-refractivity contribution >= 4 is 29.3 Å². The molecule has 4 nitrogen and oxygen atoms in total. The number of furan rings is 1. The summed E-state index contributed by atoms with van der Waals surface area (Å²) in [6, 6.07) is 8.40. The second-order valence-electron chi connectivity index (χ2n) is 4.07. The maximum atomic E-state index is 10.8. The van der Waals surface area contributed by atoms with Gasteiger partial charge in [0.2, 0.25) is 5.70 Å². The number of nitrogens with zero attached hydrogens (tertiary/aromatic N) is 1. The molecule has 1 heterocycles. The van der Waals surface area contributed by atoms with Crippen molar-refractivity contribution in [1.29, 1.82) is 0 Å². The molecule has 0 atom stereocenters. The van der Waals surface area contributed by atoms with Crippen molar-refractivity contribution < 1.29 is 9.34 Å². The maximum absolute atomic E-state index is 10.8. The molecule has 104 valence electrons. The first-order valence-electron chi connectivity index (χ1n) is 5.91. The Hall–Kier alpha value is -1.78. The van der Waals surface area contributed by atoms with Crippen molar-refractivity contribution in [3.05, 3.63) is 61.9 Å². The first-order valence-corrected chi connectivity index (χ1v) is 6.67. The third-order valence-electron chi connectivity index (χ3n) is 2.73. The molecule has 0 saturated heterocycles. The van der Waals surface area contributed by atoms with Gasteiger partial charge in [0, 0.05) is 17.0 Å². The number of hydrogen-bond acceptors (Lipinski definition) is 3. The van der Waals surface area contributed by atoms with Gasteiger partial charge in [-0.1, -0.05) is 30.1 Å². The van der Waals surface area contributed by atoms with E-state index in [1.165, 1.54) is 6.08 Å². The number of rotatable bonds is 4. The summed E-state index contributed by atoms with van der Waals surface area (Å²) in [5.74, 6) is 0.923. The Morgan fingerprint density at radius 3 is 2.75 bits per heavy atom. The summed E-state index contributed by atoms with van der Waals surface area (Å²) in [5.41, 5.74) is 0.737. The van der Waals surface area contributed by atoms with Crippen molar-refractivity contribution in [2.45, 2.75) is 13.3 Å². The van der Waals surface area contributed by atoms with Crippen LogP contribution < -0.4 is 0 Å². The predicted molar refractivity (Wildman–Crippen MR) is 79.4 cm³/mol. The van der Waals surface area contributed by atoms with E-state index < -0.39 is 4.92 Å². The molecule has 0 unspecified atom stereocenters. The normalized spacial score (nSPS) is 11.7. The molecule has 6 heteroatoms. The molecule has 1 aromatic carbocycles. The lowest BCUT2D eigenvalue weighted by Gasteiger charge is -2.01. The van der Waals surface area contributed by atoms with E-state index in [1.54, 1.807) is 37.3 Å². The fourth-order valence-corrected chi connectivity index (χ4v) is 2.09. The molecule has 0 aliphatic rings. The Morgan fingerprint density at radius 2 is 2.10 bits per heavy atom. The number of halogens is 2. The van der Waals surface area contributed by atoms with Crippen LogP contribution in [0.4, 0.5) is 0 Å². The highest BCUT2D eigenvalue weighted by Crippen LogP contribution is 2.32. The van der Waals surface area contributed by atoms with Crippen LogP contribution >= 0.6 is 23.2 Å². The van der Waals surface area contributed by atoms with Crippen molar-refractivity contribution in [2.24, 2.45) is 0 Å². The van der Waals surface area contributed by atoms with Gasteiger partial charge in [-0.2, -0.15) is 0 Å². The van der Waals surface area contributed by atoms with Gasteiger partial charge < -0.3 is 4.42 Å². The van der Waals surface area contributed by atoms with E-state index in [-0.39, 0.29) is 5.70 Å². The topological polar surface area (TPSA) is 56.3 Å². The first kappa shape index (κ1) is 14.6. The molecule has 0 bridgehead atoms. The third-order valence-corrected chi connectivity index (χ3v) is 3.29. The van der Waals surface area contributed by atoms with Gasteiger partial charge in [0.05, 0.1) is 16.0 Å². The molecule has 0 saturated carbocycles. The molecule has 0 spiro atoms. The van der Waals surface area contributed by atoms with Gasteiger partial charge in [-0.15, -0.1) is 0 Å². The minimum absolute atomic E-state index is 0.0862. The van der Waals surface area contributed by atoms with Gasteiger partial charge in [-0.3, -0.25) is 10.1 Å². The second kappa shape index (κ2) is 6.11. The average Bonchev–Trinajstić information content (AvgIpc) is 2.86. The Morgan fingerprint density at radius 1 is 1.35 bits per heavy atom. The largest absolute Gasteiger partial charge is 0.456 e. The lowest BCUT2D eigenvalue weighted by Crippen LogP contribution is -1.95. The number of allylic oxidation sites excluding steroid dienone is 1. The molecule has 2 aromatic rings. The van der Waals surface area contributed by atoms with E-state index in [0.29, 0.717) is 33.6 Å². The van der Waals surface area contributed by atoms with Crippen LogP contribution in [0.1, 0.15) is 19.1 Å². The Labute approximate surface area is 125 Å². The fourth-order valence-electron chi connectivity index (χ4n) is 1.71. The van der Waals surface area contributed by atoms with Gasteiger partial charge >= 0.3 is 0 Å². The lowest BCUT2D eigenvalue weighted by atomic mass is 10.2. The summed E-state index contributed by atoms with van der Waals surface area (Å²) in [4.78, 5) is 10.3. The van der Waals surface area contributed by atoms with Crippen molar-refractivity contribution in [1.82, 2.24) is 0 Å². The van der Waals surface area contributed by atoms with E-state index in [4.69, 9.17) is 27.6 Å². The molecule has 0 N–H and O–H groups in total. The fraction of sp³-hybridized carbons (Fsp3) is 0.143. The molecule has 0 amide bonds. The molecular formula is C14H11Cl2NO3. The SMILES string of the molecule is CC/C(=C\c1ccc(-c2cc(Cl)ccc2Cl)o1)[N+](=O)[O-]. The van der Waals surface area contributed by atoms with E-state index >= 15 is 0 Å². The molecule has 0 aliphatic heterocycles. The maximum Gasteiger partial charge on any atom is 0.249 e. The van der Waals surface area contributed by atoms with Crippen LogP contribution in [0, 0.1) is 10.1 Å². The predicted octanol–water partition coefficient (Wildman–Crippen LogP) is 5.28. The van der Waals surface area contributed by atoms with Gasteiger partial charge in [-0.05, 0) is 30.3 Å². The summed E-state index contributed by atoms with van der Waals surface area (Å²) in [6.45, 7) is 1.71. The first-order chi connectivity index (χ1) is 9.51. The van der Waals surface area contributed by atoms with E-state index in [2.05, 4.69) is 0 Å². The smallest absolute Gasteiger partial charge is 0.249 e. The molecule has 1 aromatic heterocycles. The second-order valence-corrected chi connectivity index (χ2v) is 4.92. The molecule has 2 rings (SSSR count). The van der Waals surface area contributed by atoms with Crippen LogP contribution in [0.2, 0.25) is 10.0 Å². The molecule has 20 heavy (non-hydrogen) atoms. The Kier molecular flexibility index (Phi) is 4.47. The zero-order valence-corrected chi connectivity index (χ0v) is 12.1. The molecule has 0 aliphatic carbocycles. The van der Waals surface area contributed by atoms with Gasteiger partial charge in [0.15, 0.2) is 0 Å². The number of hydrogen-bond donors (Lipinski definition) is 0. The highest BCUT2D eigenvalue weighted by atomic mass is 35.5. The Bertz CT molecular complexity index is 677. The van der Waals surface area contributed by atoms with Gasteiger partial charge in [0.25, 0.3) is 0 Å². The lowest BCUT2D eigenvalue weighted by molar-refractivity contribution is -0.425. The van der Waals surface area contributed by atoms with Crippen molar-refractivity contribution in [3.63, 3.8) is 0 Å². The van der Waals surface area contributed by atoms with Gasteiger partial charge in [0.1, 0.15) is 11.5 Å². The molecule has 0 radical (unpaired) electrons. The average molecular weight is 312 g/mol. The zero-order chi connectivity index (χ0) is 14.7. The van der Waals surface area contributed by atoms with Crippen LogP contribution in [0.15, 0.2) is 40.4 Å². The standard InChI is InChI=1S/C14H11Cl2NO3/c1-2-10(17(18)19)8-11-4-6-14(20-11)12-7-9(15)3-5-13(12)16/h3-8H,2H2,1H3/b10-8+. The molecule has 0 fully saturated rings. The van der Waals surface area contributed by atoms with Gasteiger partial charge in [-0.25, -0.2) is 0 Å². The highest BCUT2D eigenvalue weighted by Gasteiger charge is 2.12. The van der Waals surface area contributed by atoms with Crippen LogP contribution in [0.25, 0.3) is 17.4 Å². The van der Waals surface area contributed by atoms with E-state index in [9.17, 15) is 10.1 Å². The summed E-state index contributed by atoms with van der Waals surface area (Å²) in [5, 5.41) is 11.8. The quantitative estimate of drug-likeness (QED) is 0.570. The van der Waals surface area contributed by atoms with Crippen LogP contribution in [0.3, 0.4) is 0 Å². The summed E-state index contributed by atoms with van der Waals surface area (Å²) in [6.07, 6.45) is 1.73. The van der Waals surface area contributed by atoms with Crippen LogP contribution in [0.5, 0.6) is 0 Å². The molecular weight excluding hydrogens is 301 g/mol.